The molecule has 2 heterocycles. The summed E-state index contributed by atoms with van der Waals surface area (Å²) in [6.07, 6.45) is 0. The molecule has 2 N–H and O–H groups in total. The average molecular weight is 370 g/mol. The van der Waals surface area contributed by atoms with Gasteiger partial charge >= 0.3 is 0 Å². The Morgan fingerprint density at radius 3 is 3.16 bits per heavy atom. The highest BCUT2D eigenvalue weighted by Crippen LogP contribution is 2.21. The second-order valence-corrected chi connectivity index (χ2v) is 6.06. The number of hydrogen-bond acceptors (Lipinski definition) is 3. The predicted molar refractivity (Wildman–Crippen MR) is 82.2 cm³/mol. The normalized spacial score (nSPS) is 19.9. The van der Waals surface area contributed by atoms with Crippen LogP contribution in [0.25, 0.3) is 10.9 Å². The molecule has 0 saturated carbocycles. The molecule has 6 heteroatoms. The Balaban J connectivity index is 1.99. The Hall–Kier alpha value is -1.15. The molecule has 0 unspecified atom stereocenters. The number of H-pyrrole nitrogens is 1. The van der Waals surface area contributed by atoms with Crippen molar-refractivity contribution in [2.75, 3.05) is 19.6 Å². The fraction of sp³-hybridized carbons (Fsp3) is 0.385. The quantitative estimate of drug-likeness (QED) is 0.750. The van der Waals surface area contributed by atoms with E-state index in [0.29, 0.717) is 5.69 Å². The van der Waals surface area contributed by atoms with E-state index in [-0.39, 0.29) is 11.9 Å². The molecule has 19 heavy (non-hydrogen) atoms. The summed E-state index contributed by atoms with van der Waals surface area (Å²) in [7, 11) is 0. The van der Waals surface area contributed by atoms with E-state index in [1.165, 1.54) is 0 Å². The van der Waals surface area contributed by atoms with Gasteiger partial charge < -0.3 is 10.2 Å². The highest BCUT2D eigenvalue weighted by molar-refractivity contribution is 14.1. The van der Waals surface area contributed by atoms with Gasteiger partial charge in [-0.25, -0.2) is 0 Å². The van der Waals surface area contributed by atoms with Gasteiger partial charge in [0.15, 0.2) is 5.69 Å². The first-order chi connectivity index (χ1) is 9.16. The molecule has 1 aromatic heterocycles. The van der Waals surface area contributed by atoms with Gasteiger partial charge in [-0.05, 0) is 47.7 Å². The molecule has 3 rings (SSSR count). The summed E-state index contributed by atoms with van der Waals surface area (Å²) in [5.41, 5.74) is 1.44. The number of benzene rings is 1. The van der Waals surface area contributed by atoms with Crippen molar-refractivity contribution in [1.29, 1.82) is 0 Å². The van der Waals surface area contributed by atoms with E-state index in [1.807, 2.05) is 23.1 Å². The molecule has 1 amide bonds. The van der Waals surface area contributed by atoms with E-state index in [4.69, 9.17) is 0 Å². The Bertz CT molecular complexity index is 624. The number of rotatable bonds is 1. The smallest absolute Gasteiger partial charge is 0.275 e. The Labute approximate surface area is 124 Å². The first kappa shape index (κ1) is 12.9. The topological polar surface area (TPSA) is 61.0 Å². The minimum atomic E-state index is 0.0160. The molecule has 2 aromatic rings. The number of nitrogens with one attached hydrogen (secondary N) is 2. The maximum atomic E-state index is 12.6. The number of halogens is 1. The lowest BCUT2D eigenvalue weighted by Gasteiger charge is -2.33. The van der Waals surface area contributed by atoms with Gasteiger partial charge in [0.25, 0.3) is 5.91 Å². The standard InChI is InChI=1S/C13H15IN4O/c1-8-7-15-4-5-18(8)13(19)12-10-6-9(14)2-3-11(10)16-17-12/h2-3,6,8,15H,4-5,7H2,1H3,(H,16,17)/t8-/m0/s1. The van der Waals surface area contributed by atoms with Gasteiger partial charge in [0, 0.05) is 34.6 Å². The highest BCUT2D eigenvalue weighted by atomic mass is 127. The molecule has 5 nitrogen and oxygen atoms in total. The van der Waals surface area contributed by atoms with Crippen molar-refractivity contribution in [3.8, 4) is 0 Å². The maximum Gasteiger partial charge on any atom is 0.275 e. The number of nitrogens with zero attached hydrogens (tertiary/aromatic N) is 2. The van der Waals surface area contributed by atoms with Crippen LogP contribution in [-0.4, -0.2) is 46.7 Å². The Morgan fingerprint density at radius 2 is 2.37 bits per heavy atom. The largest absolute Gasteiger partial charge is 0.332 e. The van der Waals surface area contributed by atoms with Crippen LogP contribution in [0, 0.1) is 3.57 Å². The molecule has 100 valence electrons. The van der Waals surface area contributed by atoms with Crippen LogP contribution in [0.15, 0.2) is 18.2 Å². The molecular formula is C13H15IN4O. The van der Waals surface area contributed by atoms with E-state index in [0.717, 1.165) is 34.1 Å². The molecule has 1 saturated heterocycles. The Morgan fingerprint density at radius 1 is 1.53 bits per heavy atom. The predicted octanol–water partition coefficient (Wildman–Crippen LogP) is 1.60. The van der Waals surface area contributed by atoms with E-state index >= 15 is 0 Å². The molecule has 0 aliphatic carbocycles. The highest BCUT2D eigenvalue weighted by Gasteiger charge is 2.26. The second kappa shape index (κ2) is 5.09. The number of aromatic amines is 1. The lowest BCUT2D eigenvalue weighted by Crippen LogP contribution is -2.52. The minimum absolute atomic E-state index is 0.0160. The van der Waals surface area contributed by atoms with Gasteiger partial charge in [0.2, 0.25) is 0 Å². The molecule has 0 radical (unpaired) electrons. The van der Waals surface area contributed by atoms with E-state index in [1.54, 1.807) is 0 Å². The number of fused-ring (bicyclic) bond motifs is 1. The average Bonchev–Trinajstić information content (AvgIpc) is 2.81. The number of aromatic nitrogens is 2. The molecule has 1 aromatic carbocycles. The van der Waals surface area contributed by atoms with E-state index in [9.17, 15) is 4.79 Å². The van der Waals surface area contributed by atoms with Crippen molar-refractivity contribution in [2.24, 2.45) is 0 Å². The fourth-order valence-electron chi connectivity index (χ4n) is 2.43. The van der Waals surface area contributed by atoms with Gasteiger partial charge in [-0.15, -0.1) is 0 Å². The van der Waals surface area contributed by atoms with Crippen LogP contribution in [0.2, 0.25) is 0 Å². The number of hydrogen-bond donors (Lipinski definition) is 2. The van der Waals surface area contributed by atoms with Crippen molar-refractivity contribution < 1.29 is 4.79 Å². The fourth-order valence-corrected chi connectivity index (χ4v) is 2.92. The lowest BCUT2D eigenvalue weighted by atomic mass is 10.1. The van der Waals surface area contributed by atoms with Gasteiger partial charge in [-0.1, -0.05) is 0 Å². The first-order valence-corrected chi connectivity index (χ1v) is 7.40. The number of amides is 1. The van der Waals surface area contributed by atoms with Crippen LogP contribution in [0.3, 0.4) is 0 Å². The summed E-state index contributed by atoms with van der Waals surface area (Å²) in [6, 6.07) is 6.17. The molecule has 0 bridgehead atoms. The summed E-state index contributed by atoms with van der Waals surface area (Å²) in [5, 5.41) is 11.3. The third-order valence-electron chi connectivity index (χ3n) is 3.49. The zero-order chi connectivity index (χ0) is 13.4. The van der Waals surface area contributed by atoms with E-state index < -0.39 is 0 Å². The van der Waals surface area contributed by atoms with Gasteiger partial charge in [0.05, 0.1) is 5.52 Å². The summed E-state index contributed by atoms with van der Waals surface area (Å²) in [6.45, 7) is 4.47. The molecule has 1 aliphatic heterocycles. The lowest BCUT2D eigenvalue weighted by molar-refractivity contribution is 0.0651. The van der Waals surface area contributed by atoms with Crippen LogP contribution in [0.1, 0.15) is 17.4 Å². The maximum absolute atomic E-state index is 12.6. The van der Waals surface area contributed by atoms with Gasteiger partial charge in [-0.2, -0.15) is 5.10 Å². The van der Waals surface area contributed by atoms with Crippen molar-refractivity contribution in [3.05, 3.63) is 27.5 Å². The SMILES string of the molecule is C[C@H]1CNCCN1C(=O)c1n[nH]c2ccc(I)cc12. The number of piperazine rings is 1. The third-order valence-corrected chi connectivity index (χ3v) is 4.16. The van der Waals surface area contributed by atoms with Crippen LogP contribution in [0.5, 0.6) is 0 Å². The molecule has 1 fully saturated rings. The Kier molecular flexibility index (Phi) is 3.44. The van der Waals surface area contributed by atoms with Crippen LogP contribution in [-0.2, 0) is 0 Å². The van der Waals surface area contributed by atoms with Crippen molar-refractivity contribution in [3.63, 3.8) is 0 Å². The van der Waals surface area contributed by atoms with Crippen molar-refractivity contribution in [2.45, 2.75) is 13.0 Å². The van der Waals surface area contributed by atoms with Crippen molar-refractivity contribution >= 4 is 39.4 Å². The van der Waals surface area contributed by atoms with Crippen LogP contribution >= 0.6 is 22.6 Å². The summed E-state index contributed by atoms with van der Waals surface area (Å²) < 4.78 is 1.11. The third kappa shape index (κ3) is 2.34. The summed E-state index contributed by atoms with van der Waals surface area (Å²) >= 11 is 2.25. The molecular weight excluding hydrogens is 355 g/mol. The zero-order valence-corrected chi connectivity index (χ0v) is 12.8. The first-order valence-electron chi connectivity index (χ1n) is 6.32. The van der Waals surface area contributed by atoms with Gasteiger partial charge in [0.1, 0.15) is 0 Å². The van der Waals surface area contributed by atoms with E-state index in [2.05, 4.69) is 45.0 Å². The minimum Gasteiger partial charge on any atom is -0.332 e. The molecule has 0 spiro atoms. The van der Waals surface area contributed by atoms with Crippen LogP contribution < -0.4 is 5.32 Å². The second-order valence-electron chi connectivity index (χ2n) is 4.81. The molecule has 1 aliphatic rings. The molecule has 1 atom stereocenters. The number of carbonyl (C=O) groups excluding carboxylic acids is 1. The van der Waals surface area contributed by atoms with Gasteiger partial charge in [-0.3, -0.25) is 9.89 Å². The zero-order valence-electron chi connectivity index (χ0n) is 10.6. The number of carbonyl (C=O) groups is 1. The summed E-state index contributed by atoms with van der Waals surface area (Å²) in [5.74, 6) is 0.0160. The monoisotopic (exact) mass is 370 g/mol. The van der Waals surface area contributed by atoms with Crippen molar-refractivity contribution in [1.82, 2.24) is 20.4 Å². The van der Waals surface area contributed by atoms with Crippen LogP contribution in [0.4, 0.5) is 0 Å². The summed E-state index contributed by atoms with van der Waals surface area (Å²) in [4.78, 5) is 14.5.